The van der Waals surface area contributed by atoms with Crippen molar-refractivity contribution < 1.29 is 34.0 Å². The Morgan fingerprint density at radius 2 is 1.95 bits per heavy atom. The SMILES string of the molecule is O=C1C(=O)N([C@@H]2O[C@H](CO)[C@@H](O)[C@H]2O)c2c(F)cccc21. The number of para-hydroxylation sites is 1. The summed E-state index contributed by atoms with van der Waals surface area (Å²) in [6, 6.07) is 3.65. The zero-order valence-electron chi connectivity index (χ0n) is 10.6. The first-order valence-electron chi connectivity index (χ1n) is 6.26. The van der Waals surface area contributed by atoms with Gasteiger partial charge in [-0.1, -0.05) is 6.07 Å². The molecular weight excluding hydrogens is 285 g/mol. The number of benzene rings is 1. The molecule has 2 aliphatic heterocycles. The van der Waals surface area contributed by atoms with Crippen LogP contribution in [-0.2, 0) is 9.53 Å². The number of carbonyl (C=O) groups excluding carboxylic acids is 2. The Morgan fingerprint density at radius 3 is 2.57 bits per heavy atom. The monoisotopic (exact) mass is 297 g/mol. The standard InChI is InChI=1S/C13H12FNO6/c14-6-3-1-2-5-8(6)15(12(20)9(5)17)13-11(19)10(18)7(4-16)21-13/h1-3,7,10-11,13,16,18-19H,4H2/t7-,10-,11-,13-/m1/s1. The van der Waals surface area contributed by atoms with Gasteiger partial charge in [0.25, 0.3) is 5.78 Å². The van der Waals surface area contributed by atoms with Crippen LogP contribution in [-0.4, -0.2) is 58.2 Å². The Bertz CT molecular complexity index is 621. The number of nitrogens with zero attached hydrogens (tertiary/aromatic N) is 1. The molecule has 1 fully saturated rings. The Morgan fingerprint density at radius 1 is 1.24 bits per heavy atom. The van der Waals surface area contributed by atoms with E-state index >= 15 is 0 Å². The van der Waals surface area contributed by atoms with Crippen LogP contribution >= 0.6 is 0 Å². The molecule has 0 aromatic heterocycles. The van der Waals surface area contributed by atoms with E-state index in [1.54, 1.807) is 0 Å². The number of carbonyl (C=O) groups is 2. The fourth-order valence-electron chi connectivity index (χ4n) is 2.61. The van der Waals surface area contributed by atoms with Gasteiger partial charge in [0, 0.05) is 0 Å². The summed E-state index contributed by atoms with van der Waals surface area (Å²) in [6.07, 6.45) is -5.57. The molecule has 7 nitrogen and oxygen atoms in total. The van der Waals surface area contributed by atoms with E-state index in [1.807, 2.05) is 0 Å². The molecule has 0 bridgehead atoms. The molecule has 1 amide bonds. The quantitative estimate of drug-likeness (QED) is 0.592. The van der Waals surface area contributed by atoms with Crippen molar-refractivity contribution in [2.75, 3.05) is 11.5 Å². The van der Waals surface area contributed by atoms with Crippen molar-refractivity contribution in [3.63, 3.8) is 0 Å². The van der Waals surface area contributed by atoms with E-state index in [1.165, 1.54) is 12.1 Å². The van der Waals surface area contributed by atoms with Gasteiger partial charge in [-0.2, -0.15) is 0 Å². The molecule has 0 unspecified atom stereocenters. The minimum atomic E-state index is -1.57. The average molecular weight is 297 g/mol. The zero-order valence-corrected chi connectivity index (χ0v) is 10.6. The predicted octanol–water partition coefficient (Wildman–Crippen LogP) is -1.21. The molecule has 0 spiro atoms. The summed E-state index contributed by atoms with van der Waals surface area (Å²) in [7, 11) is 0. The second-order valence-electron chi connectivity index (χ2n) is 4.87. The molecule has 2 heterocycles. The van der Waals surface area contributed by atoms with Gasteiger partial charge in [-0.25, -0.2) is 4.39 Å². The second kappa shape index (κ2) is 4.85. The average Bonchev–Trinajstić information content (AvgIpc) is 2.89. The fourth-order valence-corrected chi connectivity index (χ4v) is 2.61. The van der Waals surface area contributed by atoms with Gasteiger partial charge in [0.2, 0.25) is 0 Å². The van der Waals surface area contributed by atoms with Gasteiger partial charge in [-0.15, -0.1) is 0 Å². The van der Waals surface area contributed by atoms with E-state index in [0.717, 1.165) is 6.07 Å². The molecular formula is C13H12FNO6. The van der Waals surface area contributed by atoms with Crippen LogP contribution < -0.4 is 4.90 Å². The lowest BCUT2D eigenvalue weighted by molar-refractivity contribution is -0.118. The molecule has 3 rings (SSSR count). The Kier molecular flexibility index (Phi) is 3.25. The number of halogens is 1. The maximum atomic E-state index is 13.9. The Balaban J connectivity index is 2.05. The molecule has 2 aliphatic rings. The third-order valence-corrected chi connectivity index (χ3v) is 3.66. The zero-order chi connectivity index (χ0) is 15.3. The number of aliphatic hydroxyl groups is 3. The van der Waals surface area contributed by atoms with Crippen LogP contribution in [0.25, 0.3) is 0 Å². The number of fused-ring (bicyclic) bond motifs is 1. The summed E-state index contributed by atoms with van der Waals surface area (Å²) in [5, 5.41) is 28.7. The second-order valence-corrected chi connectivity index (χ2v) is 4.87. The number of aliphatic hydroxyl groups excluding tert-OH is 3. The maximum Gasteiger partial charge on any atom is 0.301 e. The lowest BCUT2D eigenvalue weighted by atomic mass is 10.1. The topological polar surface area (TPSA) is 107 Å². The van der Waals surface area contributed by atoms with Gasteiger partial charge < -0.3 is 20.1 Å². The predicted molar refractivity (Wildman–Crippen MR) is 66.0 cm³/mol. The van der Waals surface area contributed by atoms with Crippen molar-refractivity contribution in [3.8, 4) is 0 Å². The lowest BCUT2D eigenvalue weighted by Crippen LogP contribution is -2.47. The number of hydrogen-bond acceptors (Lipinski definition) is 6. The molecule has 1 aromatic carbocycles. The highest BCUT2D eigenvalue weighted by Gasteiger charge is 2.51. The largest absolute Gasteiger partial charge is 0.394 e. The number of ketones is 1. The minimum absolute atomic E-state index is 0.127. The summed E-state index contributed by atoms with van der Waals surface area (Å²) in [4.78, 5) is 24.6. The van der Waals surface area contributed by atoms with Crippen molar-refractivity contribution in [2.24, 2.45) is 0 Å². The van der Waals surface area contributed by atoms with Gasteiger partial charge in [-0.05, 0) is 12.1 Å². The molecule has 3 N–H and O–H groups in total. The van der Waals surface area contributed by atoms with Gasteiger partial charge in [-0.3, -0.25) is 14.5 Å². The van der Waals surface area contributed by atoms with E-state index in [9.17, 15) is 24.2 Å². The van der Waals surface area contributed by atoms with E-state index in [2.05, 4.69) is 0 Å². The number of rotatable bonds is 2. The summed E-state index contributed by atoms with van der Waals surface area (Å²) in [5.74, 6) is -2.78. The van der Waals surface area contributed by atoms with E-state index < -0.39 is 48.7 Å². The van der Waals surface area contributed by atoms with E-state index in [0.29, 0.717) is 4.90 Å². The van der Waals surface area contributed by atoms with Crippen LogP contribution in [0.5, 0.6) is 0 Å². The molecule has 8 heteroatoms. The van der Waals surface area contributed by atoms with Crippen molar-refractivity contribution in [3.05, 3.63) is 29.6 Å². The first-order chi connectivity index (χ1) is 9.97. The molecule has 0 saturated carbocycles. The third-order valence-electron chi connectivity index (χ3n) is 3.66. The van der Waals surface area contributed by atoms with Crippen LogP contribution in [0.4, 0.5) is 10.1 Å². The minimum Gasteiger partial charge on any atom is -0.394 e. The van der Waals surface area contributed by atoms with E-state index in [4.69, 9.17) is 9.84 Å². The molecule has 112 valence electrons. The maximum absolute atomic E-state index is 13.9. The summed E-state index contributed by atoms with van der Waals surface area (Å²) in [6.45, 7) is -0.588. The van der Waals surface area contributed by atoms with Gasteiger partial charge in [0.05, 0.1) is 17.9 Å². The third kappa shape index (κ3) is 1.88. The fraction of sp³-hybridized carbons (Fsp3) is 0.385. The van der Waals surface area contributed by atoms with Crippen LogP contribution in [0, 0.1) is 5.82 Å². The summed E-state index contributed by atoms with van der Waals surface area (Å²) in [5.41, 5.74) is -0.417. The molecule has 1 saturated heterocycles. The first kappa shape index (κ1) is 14.1. The summed E-state index contributed by atoms with van der Waals surface area (Å²) >= 11 is 0. The number of amides is 1. The van der Waals surface area contributed by atoms with Crippen molar-refractivity contribution in [1.29, 1.82) is 0 Å². The van der Waals surface area contributed by atoms with Crippen LogP contribution in [0.2, 0.25) is 0 Å². The molecule has 0 radical (unpaired) electrons. The lowest BCUT2D eigenvalue weighted by Gasteiger charge is -2.26. The first-order valence-corrected chi connectivity index (χ1v) is 6.26. The summed E-state index contributed by atoms with van der Waals surface area (Å²) < 4.78 is 19.1. The van der Waals surface area contributed by atoms with E-state index in [-0.39, 0.29) is 11.3 Å². The van der Waals surface area contributed by atoms with Crippen molar-refractivity contribution >= 4 is 17.4 Å². The smallest absolute Gasteiger partial charge is 0.301 e. The highest BCUT2D eigenvalue weighted by molar-refractivity contribution is 6.52. The van der Waals surface area contributed by atoms with Crippen LogP contribution in [0.1, 0.15) is 10.4 Å². The van der Waals surface area contributed by atoms with Crippen LogP contribution in [0.15, 0.2) is 18.2 Å². The van der Waals surface area contributed by atoms with Crippen LogP contribution in [0.3, 0.4) is 0 Å². The van der Waals surface area contributed by atoms with Crippen molar-refractivity contribution in [2.45, 2.75) is 24.5 Å². The number of anilines is 1. The molecule has 4 atom stereocenters. The number of Topliss-reactive ketones (excluding diaryl/α,β-unsaturated/α-hetero) is 1. The van der Waals surface area contributed by atoms with Crippen molar-refractivity contribution in [1.82, 2.24) is 0 Å². The highest BCUT2D eigenvalue weighted by atomic mass is 19.1. The Hall–Kier alpha value is -1.87. The van der Waals surface area contributed by atoms with Gasteiger partial charge >= 0.3 is 5.91 Å². The highest BCUT2D eigenvalue weighted by Crippen LogP contribution is 2.37. The van der Waals surface area contributed by atoms with Gasteiger partial charge in [0.1, 0.15) is 24.1 Å². The normalized spacial score (nSPS) is 31.9. The molecule has 1 aromatic rings. The molecule has 0 aliphatic carbocycles. The number of ether oxygens (including phenoxy) is 1. The molecule has 21 heavy (non-hydrogen) atoms. The number of hydrogen-bond donors (Lipinski definition) is 3. The Labute approximate surface area is 118 Å². The van der Waals surface area contributed by atoms with Gasteiger partial charge in [0.15, 0.2) is 6.23 Å².